The molecule has 1 atom stereocenters. The van der Waals surface area contributed by atoms with Gasteiger partial charge in [-0.1, -0.05) is 35.4 Å². The van der Waals surface area contributed by atoms with Crippen molar-refractivity contribution in [3.05, 3.63) is 64.7 Å². The number of anilines is 1. The van der Waals surface area contributed by atoms with E-state index < -0.39 is 17.7 Å². The van der Waals surface area contributed by atoms with Crippen molar-refractivity contribution in [2.24, 2.45) is 5.92 Å². The van der Waals surface area contributed by atoms with Crippen LogP contribution in [0.4, 0.5) is 5.69 Å². The summed E-state index contributed by atoms with van der Waals surface area (Å²) < 4.78 is 0. The van der Waals surface area contributed by atoms with Crippen LogP contribution in [0.15, 0.2) is 48.5 Å². The van der Waals surface area contributed by atoms with Crippen LogP contribution in [-0.2, 0) is 9.59 Å². The molecule has 0 aliphatic carbocycles. The largest absolute Gasteiger partial charge is 0.312 e. The van der Waals surface area contributed by atoms with Crippen LogP contribution in [0.1, 0.15) is 22.3 Å². The molecule has 134 valence electrons. The van der Waals surface area contributed by atoms with Crippen molar-refractivity contribution in [3.8, 4) is 0 Å². The molecular weight excluding hydrogens is 354 g/mol. The Balaban J connectivity index is 1.58. The number of aryl methyl sites for hydroxylation is 1. The number of hydrogen-bond acceptors (Lipinski definition) is 3. The van der Waals surface area contributed by atoms with Crippen molar-refractivity contribution >= 4 is 35.0 Å². The van der Waals surface area contributed by atoms with Gasteiger partial charge in [-0.3, -0.25) is 25.2 Å². The Morgan fingerprint density at radius 2 is 1.85 bits per heavy atom. The second-order valence-corrected chi connectivity index (χ2v) is 6.63. The minimum absolute atomic E-state index is 0.104. The quantitative estimate of drug-likeness (QED) is 0.813. The molecule has 1 aliphatic heterocycles. The van der Waals surface area contributed by atoms with Crippen molar-refractivity contribution in [3.63, 3.8) is 0 Å². The number of nitrogens with zero attached hydrogens (tertiary/aromatic N) is 1. The minimum Gasteiger partial charge on any atom is -0.312 e. The van der Waals surface area contributed by atoms with Crippen molar-refractivity contribution < 1.29 is 14.4 Å². The van der Waals surface area contributed by atoms with Gasteiger partial charge >= 0.3 is 0 Å². The van der Waals surface area contributed by atoms with Gasteiger partial charge in [-0.15, -0.1) is 0 Å². The maximum atomic E-state index is 12.3. The predicted molar refractivity (Wildman–Crippen MR) is 98.7 cm³/mol. The van der Waals surface area contributed by atoms with Crippen LogP contribution >= 0.6 is 11.6 Å². The first kappa shape index (κ1) is 17.9. The van der Waals surface area contributed by atoms with Gasteiger partial charge in [-0.25, -0.2) is 0 Å². The molecule has 6 nitrogen and oxygen atoms in total. The van der Waals surface area contributed by atoms with E-state index in [1.165, 1.54) is 6.07 Å². The fourth-order valence-electron chi connectivity index (χ4n) is 2.78. The summed E-state index contributed by atoms with van der Waals surface area (Å²) in [6, 6.07) is 13.9. The van der Waals surface area contributed by atoms with Crippen molar-refractivity contribution in [2.75, 3.05) is 11.4 Å². The maximum absolute atomic E-state index is 12.3. The van der Waals surface area contributed by atoms with Crippen LogP contribution < -0.4 is 15.8 Å². The third kappa shape index (κ3) is 4.03. The standard InChI is InChI=1S/C19H18ClN3O3/c1-12-5-7-16(8-6-12)23-11-14(10-17(23)24)19(26)22-21-18(25)13-3-2-4-15(20)9-13/h2-9,14H,10-11H2,1H3,(H,21,25)(H,22,26)/t14-/m1/s1. The van der Waals surface area contributed by atoms with Gasteiger partial charge in [0, 0.05) is 29.2 Å². The van der Waals surface area contributed by atoms with Gasteiger partial charge in [0.1, 0.15) is 0 Å². The number of carbonyl (C=O) groups is 3. The molecule has 3 rings (SSSR count). The summed E-state index contributed by atoms with van der Waals surface area (Å²) in [4.78, 5) is 38.1. The monoisotopic (exact) mass is 371 g/mol. The Morgan fingerprint density at radius 3 is 2.54 bits per heavy atom. The van der Waals surface area contributed by atoms with Gasteiger partial charge in [0.05, 0.1) is 5.92 Å². The van der Waals surface area contributed by atoms with Gasteiger partial charge in [-0.2, -0.15) is 0 Å². The average Bonchev–Trinajstić information content (AvgIpc) is 3.02. The Morgan fingerprint density at radius 1 is 1.12 bits per heavy atom. The number of hydrogen-bond donors (Lipinski definition) is 2. The molecule has 0 spiro atoms. The number of benzene rings is 2. The van der Waals surface area contributed by atoms with E-state index in [0.717, 1.165) is 11.3 Å². The summed E-state index contributed by atoms with van der Waals surface area (Å²) in [5.41, 5.74) is 6.93. The smallest absolute Gasteiger partial charge is 0.269 e. The zero-order chi connectivity index (χ0) is 18.7. The van der Waals surface area contributed by atoms with E-state index >= 15 is 0 Å². The molecule has 1 aliphatic rings. The van der Waals surface area contributed by atoms with Gasteiger partial charge in [0.25, 0.3) is 5.91 Å². The maximum Gasteiger partial charge on any atom is 0.269 e. The average molecular weight is 372 g/mol. The van der Waals surface area contributed by atoms with Crippen LogP contribution in [0.2, 0.25) is 5.02 Å². The van der Waals surface area contributed by atoms with E-state index in [2.05, 4.69) is 10.9 Å². The third-order valence-corrected chi connectivity index (χ3v) is 4.46. The number of hydrazine groups is 1. The molecule has 1 fully saturated rings. The van der Waals surface area contributed by atoms with Crippen molar-refractivity contribution in [1.29, 1.82) is 0 Å². The highest BCUT2D eigenvalue weighted by Crippen LogP contribution is 2.25. The zero-order valence-electron chi connectivity index (χ0n) is 14.2. The van der Waals surface area contributed by atoms with Crippen LogP contribution in [-0.4, -0.2) is 24.3 Å². The lowest BCUT2D eigenvalue weighted by atomic mass is 10.1. The first-order valence-corrected chi connectivity index (χ1v) is 8.54. The number of amides is 3. The Hall–Kier alpha value is -2.86. The molecular formula is C19H18ClN3O3. The Bertz CT molecular complexity index is 851. The molecule has 0 saturated carbocycles. The highest BCUT2D eigenvalue weighted by molar-refractivity contribution is 6.30. The summed E-state index contributed by atoms with van der Waals surface area (Å²) in [6.45, 7) is 2.25. The number of carbonyl (C=O) groups excluding carboxylic acids is 3. The topological polar surface area (TPSA) is 78.5 Å². The highest BCUT2D eigenvalue weighted by Gasteiger charge is 2.35. The van der Waals surface area contributed by atoms with E-state index in [0.29, 0.717) is 10.6 Å². The molecule has 2 N–H and O–H groups in total. The van der Waals surface area contributed by atoms with Crippen molar-refractivity contribution in [2.45, 2.75) is 13.3 Å². The minimum atomic E-state index is -0.525. The van der Waals surface area contributed by atoms with E-state index in [9.17, 15) is 14.4 Å². The van der Waals surface area contributed by atoms with Crippen LogP contribution in [0, 0.1) is 12.8 Å². The third-order valence-electron chi connectivity index (χ3n) is 4.23. The molecule has 7 heteroatoms. The highest BCUT2D eigenvalue weighted by atomic mass is 35.5. The summed E-state index contributed by atoms with van der Waals surface area (Å²) in [6.07, 6.45) is 0.104. The molecule has 1 heterocycles. The Labute approximate surface area is 156 Å². The lowest BCUT2D eigenvalue weighted by Gasteiger charge is -2.17. The van der Waals surface area contributed by atoms with Gasteiger partial charge in [0.15, 0.2) is 0 Å². The first-order valence-electron chi connectivity index (χ1n) is 8.17. The molecule has 1 saturated heterocycles. The fraction of sp³-hybridized carbons (Fsp3) is 0.211. The SMILES string of the molecule is Cc1ccc(N2C[C@H](C(=O)NNC(=O)c3cccc(Cl)c3)CC2=O)cc1. The molecule has 0 radical (unpaired) electrons. The first-order chi connectivity index (χ1) is 12.4. The molecule has 0 aromatic heterocycles. The molecule has 26 heavy (non-hydrogen) atoms. The molecule has 2 aromatic rings. The molecule has 2 aromatic carbocycles. The molecule has 0 unspecified atom stereocenters. The Kier molecular flexibility index (Phi) is 5.23. The predicted octanol–water partition coefficient (Wildman–Crippen LogP) is 2.46. The zero-order valence-corrected chi connectivity index (χ0v) is 14.9. The van der Waals surface area contributed by atoms with Crippen LogP contribution in [0.25, 0.3) is 0 Å². The van der Waals surface area contributed by atoms with Crippen LogP contribution in [0.5, 0.6) is 0 Å². The van der Waals surface area contributed by atoms with E-state index in [4.69, 9.17) is 11.6 Å². The molecule has 3 amide bonds. The van der Waals surface area contributed by atoms with Gasteiger partial charge in [0.2, 0.25) is 11.8 Å². The van der Waals surface area contributed by atoms with Crippen molar-refractivity contribution in [1.82, 2.24) is 10.9 Å². The van der Waals surface area contributed by atoms with E-state index in [1.54, 1.807) is 23.1 Å². The van der Waals surface area contributed by atoms with Gasteiger partial charge in [-0.05, 0) is 37.3 Å². The lowest BCUT2D eigenvalue weighted by molar-refractivity contribution is -0.126. The summed E-state index contributed by atoms with van der Waals surface area (Å²) in [5, 5.41) is 0.430. The van der Waals surface area contributed by atoms with Crippen LogP contribution in [0.3, 0.4) is 0 Å². The summed E-state index contributed by atoms with van der Waals surface area (Å²) in [7, 11) is 0. The molecule has 0 bridgehead atoms. The number of nitrogens with one attached hydrogen (secondary N) is 2. The number of halogens is 1. The second-order valence-electron chi connectivity index (χ2n) is 6.19. The van der Waals surface area contributed by atoms with E-state index in [-0.39, 0.29) is 18.9 Å². The van der Waals surface area contributed by atoms with E-state index in [1.807, 2.05) is 31.2 Å². The number of rotatable bonds is 3. The summed E-state index contributed by atoms with van der Waals surface area (Å²) in [5.74, 6) is -1.51. The summed E-state index contributed by atoms with van der Waals surface area (Å²) >= 11 is 5.84. The van der Waals surface area contributed by atoms with Gasteiger partial charge < -0.3 is 4.90 Å². The second kappa shape index (κ2) is 7.58. The fourth-order valence-corrected chi connectivity index (χ4v) is 2.97. The normalized spacial score (nSPS) is 16.5. The lowest BCUT2D eigenvalue weighted by Crippen LogP contribution is -2.45.